The lowest BCUT2D eigenvalue weighted by Gasteiger charge is -2.42. The molecule has 1 amide bonds. The first-order valence-corrected chi connectivity index (χ1v) is 7.32. The van der Waals surface area contributed by atoms with Gasteiger partial charge in [0.2, 0.25) is 5.91 Å². The molecule has 6 heteroatoms. The molecule has 1 aromatic rings. The molecule has 1 unspecified atom stereocenters. The predicted octanol–water partition coefficient (Wildman–Crippen LogP) is 1.96. The molecule has 21 heavy (non-hydrogen) atoms. The number of hydrogen-bond acceptors (Lipinski definition) is 3. The van der Waals surface area contributed by atoms with Crippen molar-refractivity contribution in [1.29, 1.82) is 0 Å². The Morgan fingerprint density at radius 1 is 1.52 bits per heavy atom. The van der Waals surface area contributed by atoms with Gasteiger partial charge in [0, 0.05) is 17.5 Å². The zero-order chi connectivity index (χ0) is 15.5. The second kappa shape index (κ2) is 6.73. The third-order valence-corrected chi connectivity index (χ3v) is 3.83. The first-order valence-electron chi connectivity index (χ1n) is 6.79. The van der Waals surface area contributed by atoms with Gasteiger partial charge in [0.1, 0.15) is 11.7 Å². The molecule has 1 fully saturated rings. The molecule has 0 bridgehead atoms. The average molecular weight is 316 g/mol. The van der Waals surface area contributed by atoms with Crippen LogP contribution in [0.3, 0.4) is 0 Å². The fourth-order valence-electron chi connectivity index (χ4n) is 2.39. The number of carbonyl (C=O) groups excluding carboxylic acids is 1. The summed E-state index contributed by atoms with van der Waals surface area (Å²) < 4.78 is 18.8. The molecule has 0 radical (unpaired) electrons. The zero-order valence-electron chi connectivity index (χ0n) is 11.9. The summed E-state index contributed by atoms with van der Waals surface area (Å²) in [7, 11) is 0. The summed E-state index contributed by atoms with van der Waals surface area (Å²) in [6, 6.07) is 6.00. The Morgan fingerprint density at radius 3 is 2.71 bits per heavy atom. The topological polar surface area (TPSA) is 49.8 Å². The molecule has 4 nitrogen and oxygen atoms in total. The molecule has 1 heterocycles. The minimum Gasteiger partial charge on any atom is -0.386 e. The van der Waals surface area contributed by atoms with Gasteiger partial charge in [-0.15, -0.1) is 11.6 Å². The number of ether oxygens (including phenoxy) is 1. The number of amides is 1. The van der Waals surface area contributed by atoms with Crippen LogP contribution in [0, 0.1) is 11.2 Å². The van der Waals surface area contributed by atoms with Crippen LogP contribution in [0.5, 0.6) is 0 Å². The van der Waals surface area contributed by atoms with Gasteiger partial charge in [-0.1, -0.05) is 25.1 Å². The van der Waals surface area contributed by atoms with E-state index in [1.165, 1.54) is 17.0 Å². The lowest BCUT2D eigenvalue weighted by molar-refractivity contribution is -0.144. The highest BCUT2D eigenvalue weighted by Gasteiger charge is 2.37. The average Bonchev–Trinajstić information content (AvgIpc) is 2.44. The Balaban J connectivity index is 2.07. The van der Waals surface area contributed by atoms with E-state index in [2.05, 4.69) is 0 Å². The molecule has 0 spiro atoms. The summed E-state index contributed by atoms with van der Waals surface area (Å²) in [5, 5.41) is 10.2. The third-order valence-electron chi connectivity index (χ3n) is 3.60. The largest absolute Gasteiger partial charge is 0.386 e. The number of nitrogens with zero attached hydrogens (tertiary/aromatic N) is 1. The van der Waals surface area contributed by atoms with Crippen LogP contribution in [0.25, 0.3) is 0 Å². The lowest BCUT2D eigenvalue weighted by atomic mass is 9.88. The molecule has 2 rings (SSSR count). The maximum atomic E-state index is 13.7. The highest BCUT2D eigenvalue weighted by atomic mass is 35.5. The standard InChI is InChI=1S/C15H19ClFNO3/c1-15(9-21-10-15)8-18(14(20)6-16)7-13(19)11-4-2-3-5-12(11)17/h2-5,13,19H,6-10H2,1H3. The van der Waals surface area contributed by atoms with E-state index >= 15 is 0 Å². The van der Waals surface area contributed by atoms with Crippen LogP contribution < -0.4 is 0 Å². The minimum atomic E-state index is -1.08. The fourth-order valence-corrected chi connectivity index (χ4v) is 2.56. The molecule has 1 saturated heterocycles. The lowest BCUT2D eigenvalue weighted by Crippen LogP contribution is -2.51. The maximum Gasteiger partial charge on any atom is 0.237 e. The summed E-state index contributed by atoms with van der Waals surface area (Å²) in [5.41, 5.74) is 0.0521. The summed E-state index contributed by atoms with van der Waals surface area (Å²) in [6.07, 6.45) is -1.08. The molecule has 0 aliphatic carbocycles. The first kappa shape index (κ1) is 16.2. The van der Waals surface area contributed by atoms with E-state index in [4.69, 9.17) is 16.3 Å². The van der Waals surface area contributed by atoms with Crippen LogP contribution in [-0.2, 0) is 9.53 Å². The summed E-state index contributed by atoms with van der Waals surface area (Å²) in [6.45, 7) is 3.58. The third kappa shape index (κ3) is 3.93. The normalized spacial score (nSPS) is 17.9. The Labute approximate surface area is 128 Å². The number of aliphatic hydroxyl groups excluding tert-OH is 1. The maximum absolute atomic E-state index is 13.7. The van der Waals surface area contributed by atoms with Crippen LogP contribution in [0.1, 0.15) is 18.6 Å². The van der Waals surface area contributed by atoms with Crippen molar-refractivity contribution in [3.63, 3.8) is 0 Å². The number of rotatable bonds is 6. The molecule has 1 aliphatic heterocycles. The molecular formula is C15H19ClFNO3. The molecule has 1 aromatic carbocycles. The second-order valence-corrected chi connectivity index (χ2v) is 6.02. The van der Waals surface area contributed by atoms with Crippen LogP contribution in [0.4, 0.5) is 4.39 Å². The SMILES string of the molecule is CC1(CN(CC(O)c2ccccc2F)C(=O)CCl)COC1. The van der Waals surface area contributed by atoms with Gasteiger partial charge in [-0.05, 0) is 6.07 Å². The predicted molar refractivity (Wildman–Crippen MR) is 77.6 cm³/mol. The second-order valence-electron chi connectivity index (χ2n) is 5.75. The quantitative estimate of drug-likeness (QED) is 0.817. The van der Waals surface area contributed by atoms with Gasteiger partial charge in [0.15, 0.2) is 0 Å². The van der Waals surface area contributed by atoms with Crippen molar-refractivity contribution < 1.29 is 19.0 Å². The minimum absolute atomic E-state index is 0.0159. The van der Waals surface area contributed by atoms with Gasteiger partial charge in [-0.3, -0.25) is 4.79 Å². The van der Waals surface area contributed by atoms with Crippen molar-refractivity contribution in [3.8, 4) is 0 Å². The Kier molecular flexibility index (Phi) is 5.19. The number of benzene rings is 1. The van der Waals surface area contributed by atoms with Crippen molar-refractivity contribution in [2.24, 2.45) is 5.41 Å². The van der Waals surface area contributed by atoms with Gasteiger partial charge in [-0.2, -0.15) is 0 Å². The molecule has 1 aliphatic rings. The van der Waals surface area contributed by atoms with E-state index in [9.17, 15) is 14.3 Å². The van der Waals surface area contributed by atoms with E-state index in [0.29, 0.717) is 19.8 Å². The number of carbonyl (C=O) groups is 1. The number of alkyl halides is 1. The van der Waals surface area contributed by atoms with Crippen molar-refractivity contribution in [2.45, 2.75) is 13.0 Å². The molecule has 0 saturated carbocycles. The first-order chi connectivity index (χ1) is 9.95. The summed E-state index contributed by atoms with van der Waals surface area (Å²) in [5.74, 6) is -0.928. The number of aliphatic hydroxyl groups is 1. The van der Waals surface area contributed by atoms with Crippen LogP contribution in [0.15, 0.2) is 24.3 Å². The summed E-state index contributed by atoms with van der Waals surface area (Å²) in [4.78, 5) is 13.4. The monoisotopic (exact) mass is 315 g/mol. The van der Waals surface area contributed by atoms with Crippen molar-refractivity contribution >= 4 is 17.5 Å². The number of hydrogen-bond donors (Lipinski definition) is 1. The van der Waals surface area contributed by atoms with Crippen LogP contribution in [-0.4, -0.2) is 48.1 Å². The van der Waals surface area contributed by atoms with E-state index in [1.54, 1.807) is 12.1 Å². The van der Waals surface area contributed by atoms with Crippen molar-refractivity contribution in [3.05, 3.63) is 35.6 Å². The highest BCUT2D eigenvalue weighted by Crippen LogP contribution is 2.29. The molecular weight excluding hydrogens is 297 g/mol. The number of halogens is 2. The Hall–Kier alpha value is -1.17. The van der Waals surface area contributed by atoms with E-state index in [-0.39, 0.29) is 29.3 Å². The van der Waals surface area contributed by atoms with E-state index in [0.717, 1.165) is 0 Å². The zero-order valence-corrected chi connectivity index (χ0v) is 12.6. The van der Waals surface area contributed by atoms with Crippen molar-refractivity contribution in [2.75, 3.05) is 32.2 Å². The summed E-state index contributed by atoms with van der Waals surface area (Å²) >= 11 is 5.62. The van der Waals surface area contributed by atoms with Crippen molar-refractivity contribution in [1.82, 2.24) is 4.90 Å². The van der Waals surface area contributed by atoms with Gasteiger partial charge in [0.05, 0.1) is 25.9 Å². The van der Waals surface area contributed by atoms with E-state index < -0.39 is 11.9 Å². The van der Waals surface area contributed by atoms with Gasteiger partial charge >= 0.3 is 0 Å². The molecule has 0 aromatic heterocycles. The van der Waals surface area contributed by atoms with Gasteiger partial charge in [0.25, 0.3) is 0 Å². The van der Waals surface area contributed by atoms with E-state index in [1.807, 2.05) is 6.92 Å². The molecule has 1 atom stereocenters. The Bertz CT molecular complexity index is 507. The van der Waals surface area contributed by atoms with Crippen LogP contribution in [0.2, 0.25) is 0 Å². The smallest absolute Gasteiger partial charge is 0.237 e. The molecule has 1 N–H and O–H groups in total. The molecule has 116 valence electrons. The van der Waals surface area contributed by atoms with Crippen LogP contribution >= 0.6 is 11.6 Å². The van der Waals surface area contributed by atoms with Gasteiger partial charge < -0.3 is 14.7 Å². The Morgan fingerprint density at radius 2 is 2.19 bits per heavy atom. The highest BCUT2D eigenvalue weighted by molar-refractivity contribution is 6.27. The van der Waals surface area contributed by atoms with Gasteiger partial charge in [-0.25, -0.2) is 4.39 Å². The fraction of sp³-hybridized carbons (Fsp3) is 0.533.